The van der Waals surface area contributed by atoms with Crippen LogP contribution in [0.25, 0.3) is 0 Å². The SMILES string of the molecule is NCC1CC[C@@H](N)CO1. The van der Waals surface area contributed by atoms with E-state index in [0.29, 0.717) is 13.2 Å². The van der Waals surface area contributed by atoms with Gasteiger partial charge in [0.2, 0.25) is 0 Å². The normalized spacial score (nSPS) is 36.7. The lowest BCUT2D eigenvalue weighted by atomic mass is 10.1. The molecule has 3 heteroatoms. The predicted octanol–water partition coefficient (Wildman–Crippen LogP) is -0.549. The summed E-state index contributed by atoms with van der Waals surface area (Å²) in [5.41, 5.74) is 11.0. The molecule has 1 aliphatic heterocycles. The van der Waals surface area contributed by atoms with Crippen LogP contribution in [0.2, 0.25) is 0 Å². The second-order valence-electron chi connectivity index (χ2n) is 2.53. The van der Waals surface area contributed by atoms with Crippen molar-refractivity contribution in [3.63, 3.8) is 0 Å². The van der Waals surface area contributed by atoms with Crippen LogP contribution in [0.1, 0.15) is 12.8 Å². The number of nitrogens with two attached hydrogens (primary N) is 2. The van der Waals surface area contributed by atoms with Gasteiger partial charge in [0.1, 0.15) is 0 Å². The maximum Gasteiger partial charge on any atom is 0.0698 e. The first kappa shape index (κ1) is 6.99. The van der Waals surface area contributed by atoms with Crippen molar-refractivity contribution in [3.8, 4) is 0 Å². The molecule has 1 unspecified atom stereocenters. The van der Waals surface area contributed by atoms with Gasteiger partial charge in [-0.1, -0.05) is 0 Å². The molecule has 1 aliphatic rings. The molecule has 4 N–H and O–H groups in total. The summed E-state index contributed by atoms with van der Waals surface area (Å²) in [6, 6.07) is 0.243. The molecule has 0 spiro atoms. The molecular formula is C6H14N2O. The molecular weight excluding hydrogens is 116 g/mol. The van der Waals surface area contributed by atoms with Crippen LogP contribution in [-0.2, 0) is 4.74 Å². The molecule has 2 atom stereocenters. The van der Waals surface area contributed by atoms with E-state index in [2.05, 4.69) is 0 Å². The van der Waals surface area contributed by atoms with Gasteiger partial charge in [-0.3, -0.25) is 0 Å². The maximum absolute atomic E-state index is 5.59. The fraction of sp³-hybridized carbons (Fsp3) is 1.00. The molecule has 1 heterocycles. The minimum atomic E-state index is 0.243. The van der Waals surface area contributed by atoms with Crippen LogP contribution in [0.4, 0.5) is 0 Å². The Morgan fingerprint density at radius 3 is 2.67 bits per heavy atom. The Balaban J connectivity index is 2.18. The first-order valence-corrected chi connectivity index (χ1v) is 3.40. The lowest BCUT2D eigenvalue weighted by Crippen LogP contribution is -2.38. The largest absolute Gasteiger partial charge is 0.375 e. The summed E-state index contributed by atoms with van der Waals surface area (Å²) in [5.74, 6) is 0. The van der Waals surface area contributed by atoms with Gasteiger partial charge in [-0.25, -0.2) is 0 Å². The number of rotatable bonds is 1. The second-order valence-corrected chi connectivity index (χ2v) is 2.53. The van der Waals surface area contributed by atoms with Gasteiger partial charge in [-0.05, 0) is 12.8 Å². The van der Waals surface area contributed by atoms with Crippen LogP contribution in [0, 0.1) is 0 Å². The summed E-state index contributed by atoms with van der Waals surface area (Å²) in [5, 5.41) is 0. The van der Waals surface area contributed by atoms with Crippen LogP contribution < -0.4 is 11.5 Å². The van der Waals surface area contributed by atoms with Gasteiger partial charge in [0, 0.05) is 12.6 Å². The highest BCUT2D eigenvalue weighted by Gasteiger charge is 2.16. The molecule has 54 valence electrons. The molecule has 0 amide bonds. The van der Waals surface area contributed by atoms with Crippen molar-refractivity contribution < 1.29 is 4.74 Å². The highest BCUT2D eigenvalue weighted by molar-refractivity contribution is 4.71. The van der Waals surface area contributed by atoms with Crippen molar-refractivity contribution in [3.05, 3.63) is 0 Å². The van der Waals surface area contributed by atoms with E-state index < -0.39 is 0 Å². The Bertz CT molecular complexity index is 79.1. The van der Waals surface area contributed by atoms with Gasteiger partial charge in [-0.2, -0.15) is 0 Å². The zero-order chi connectivity index (χ0) is 6.69. The average Bonchev–Trinajstić information content (AvgIpc) is 1.90. The van der Waals surface area contributed by atoms with Gasteiger partial charge in [0.15, 0.2) is 0 Å². The third kappa shape index (κ3) is 1.93. The summed E-state index contributed by atoms with van der Waals surface area (Å²) >= 11 is 0. The van der Waals surface area contributed by atoms with Crippen molar-refractivity contribution in [2.24, 2.45) is 11.5 Å². The number of hydrogen-bond acceptors (Lipinski definition) is 3. The Morgan fingerprint density at radius 1 is 1.44 bits per heavy atom. The zero-order valence-electron chi connectivity index (χ0n) is 5.55. The molecule has 3 nitrogen and oxygen atoms in total. The van der Waals surface area contributed by atoms with Crippen LogP contribution in [0.3, 0.4) is 0 Å². The van der Waals surface area contributed by atoms with Crippen LogP contribution in [-0.4, -0.2) is 25.3 Å². The summed E-state index contributed by atoms with van der Waals surface area (Å²) in [7, 11) is 0. The number of hydrogen-bond donors (Lipinski definition) is 2. The summed E-state index contributed by atoms with van der Waals surface area (Å²) < 4.78 is 5.29. The summed E-state index contributed by atoms with van der Waals surface area (Å²) in [6.45, 7) is 1.31. The summed E-state index contributed by atoms with van der Waals surface area (Å²) in [6.07, 6.45) is 2.35. The fourth-order valence-electron chi connectivity index (χ4n) is 1.01. The lowest BCUT2D eigenvalue weighted by molar-refractivity contribution is 0.0113. The Labute approximate surface area is 55.4 Å². The molecule has 0 bridgehead atoms. The van der Waals surface area contributed by atoms with Gasteiger partial charge >= 0.3 is 0 Å². The van der Waals surface area contributed by atoms with E-state index in [0.717, 1.165) is 12.8 Å². The van der Waals surface area contributed by atoms with Crippen LogP contribution in [0.15, 0.2) is 0 Å². The highest BCUT2D eigenvalue weighted by Crippen LogP contribution is 2.10. The topological polar surface area (TPSA) is 61.3 Å². The van der Waals surface area contributed by atoms with Gasteiger partial charge < -0.3 is 16.2 Å². The van der Waals surface area contributed by atoms with E-state index in [-0.39, 0.29) is 12.1 Å². The molecule has 0 aromatic heterocycles. The molecule has 0 saturated carbocycles. The molecule has 0 aromatic carbocycles. The van der Waals surface area contributed by atoms with Crippen molar-refractivity contribution >= 4 is 0 Å². The second kappa shape index (κ2) is 3.15. The molecule has 9 heavy (non-hydrogen) atoms. The Hall–Kier alpha value is -0.120. The predicted molar refractivity (Wildman–Crippen MR) is 36.0 cm³/mol. The monoisotopic (exact) mass is 130 g/mol. The Morgan fingerprint density at radius 2 is 2.22 bits per heavy atom. The van der Waals surface area contributed by atoms with Gasteiger partial charge in [0.05, 0.1) is 12.7 Å². The molecule has 0 aliphatic carbocycles. The van der Waals surface area contributed by atoms with E-state index in [1.807, 2.05) is 0 Å². The van der Waals surface area contributed by atoms with E-state index >= 15 is 0 Å². The maximum atomic E-state index is 5.59. The third-order valence-electron chi connectivity index (χ3n) is 1.67. The van der Waals surface area contributed by atoms with E-state index in [9.17, 15) is 0 Å². The van der Waals surface area contributed by atoms with Gasteiger partial charge in [0.25, 0.3) is 0 Å². The van der Waals surface area contributed by atoms with Crippen LogP contribution >= 0.6 is 0 Å². The lowest BCUT2D eigenvalue weighted by Gasteiger charge is -2.25. The standard InChI is InChI=1S/C6H14N2O/c7-3-6-2-1-5(8)4-9-6/h5-6H,1-4,7-8H2/t5-,6?/m1/s1. The first-order chi connectivity index (χ1) is 4.33. The first-order valence-electron chi connectivity index (χ1n) is 3.40. The number of ether oxygens (including phenoxy) is 1. The molecule has 1 saturated heterocycles. The smallest absolute Gasteiger partial charge is 0.0698 e. The minimum absolute atomic E-state index is 0.243. The van der Waals surface area contributed by atoms with E-state index in [1.165, 1.54) is 0 Å². The van der Waals surface area contributed by atoms with Crippen LogP contribution in [0.5, 0.6) is 0 Å². The van der Waals surface area contributed by atoms with Crippen molar-refractivity contribution in [2.45, 2.75) is 25.0 Å². The van der Waals surface area contributed by atoms with Gasteiger partial charge in [-0.15, -0.1) is 0 Å². The van der Waals surface area contributed by atoms with Crippen molar-refractivity contribution in [1.82, 2.24) is 0 Å². The van der Waals surface area contributed by atoms with E-state index in [4.69, 9.17) is 16.2 Å². The van der Waals surface area contributed by atoms with Crippen molar-refractivity contribution in [2.75, 3.05) is 13.2 Å². The molecule has 0 aromatic rings. The minimum Gasteiger partial charge on any atom is -0.375 e. The quantitative estimate of drug-likeness (QED) is 0.500. The summed E-state index contributed by atoms with van der Waals surface area (Å²) in [4.78, 5) is 0. The average molecular weight is 130 g/mol. The fourth-order valence-corrected chi connectivity index (χ4v) is 1.01. The van der Waals surface area contributed by atoms with E-state index in [1.54, 1.807) is 0 Å². The zero-order valence-corrected chi connectivity index (χ0v) is 5.55. The van der Waals surface area contributed by atoms with Crippen molar-refractivity contribution in [1.29, 1.82) is 0 Å². The third-order valence-corrected chi connectivity index (χ3v) is 1.67. The molecule has 0 radical (unpaired) electrons. The molecule has 1 fully saturated rings. The highest BCUT2D eigenvalue weighted by atomic mass is 16.5. The molecule has 1 rings (SSSR count). The Kier molecular flexibility index (Phi) is 2.45.